The molecule has 0 unspecified atom stereocenters. The van der Waals surface area contributed by atoms with Crippen LogP contribution in [0.4, 0.5) is 5.69 Å². The summed E-state index contributed by atoms with van der Waals surface area (Å²) in [7, 11) is -1.88. The largest absolute Gasteiger partial charge is 1.00 e. The van der Waals surface area contributed by atoms with Crippen LogP contribution in [0.2, 0.25) is 0 Å². The Hall–Kier alpha value is -3.02. The van der Waals surface area contributed by atoms with Crippen molar-refractivity contribution in [2.75, 3.05) is 6.16 Å². The number of hydrogen-bond acceptors (Lipinski definition) is 2. The Morgan fingerprint density at radius 1 is 0.714 bits per heavy atom. The van der Waals surface area contributed by atoms with E-state index in [1.807, 2.05) is 18.3 Å². The van der Waals surface area contributed by atoms with E-state index in [1.165, 1.54) is 15.9 Å². The monoisotopic (exact) mass is 592 g/mol. The fourth-order valence-electron chi connectivity index (χ4n) is 4.84. The Balaban J connectivity index is 0.00000289. The molecule has 4 aromatic carbocycles. The number of nitro benzene ring substituents is 1. The molecule has 0 N–H and O–H groups in total. The Morgan fingerprint density at radius 3 is 1.71 bits per heavy atom. The highest BCUT2D eigenvalue weighted by atomic mass is 127. The molecule has 6 heteroatoms. The van der Waals surface area contributed by atoms with Crippen molar-refractivity contribution in [2.45, 2.75) is 13.0 Å². The van der Waals surface area contributed by atoms with E-state index in [0.29, 0.717) is 0 Å². The highest BCUT2D eigenvalue weighted by Gasteiger charge is 2.44. The molecule has 0 bridgehead atoms. The quantitative estimate of drug-likeness (QED) is 0.121. The van der Waals surface area contributed by atoms with E-state index in [4.69, 9.17) is 0 Å². The maximum absolute atomic E-state index is 11.3. The summed E-state index contributed by atoms with van der Waals surface area (Å²) in [6.07, 6.45) is 4.01. The highest BCUT2D eigenvalue weighted by Crippen LogP contribution is 2.55. The molecule has 1 heterocycles. The molecule has 176 valence electrons. The first-order valence-electron chi connectivity index (χ1n) is 11.5. The average Bonchev–Trinajstić information content (AvgIpc) is 3.30. The molecule has 5 rings (SSSR count). The van der Waals surface area contributed by atoms with E-state index in [0.717, 1.165) is 30.0 Å². The first kappa shape index (κ1) is 25.1. The van der Waals surface area contributed by atoms with Crippen LogP contribution in [0.3, 0.4) is 0 Å². The zero-order valence-electron chi connectivity index (χ0n) is 19.2. The van der Waals surface area contributed by atoms with Crippen LogP contribution in [0.5, 0.6) is 0 Å². The molecule has 0 amide bonds. The summed E-state index contributed by atoms with van der Waals surface area (Å²) < 4.78 is 2.15. The van der Waals surface area contributed by atoms with Gasteiger partial charge in [-0.15, -0.1) is 0 Å². The summed E-state index contributed by atoms with van der Waals surface area (Å²) in [5.41, 5.74) is 1.05. The number of aryl methyl sites for hydroxylation is 1. The minimum atomic E-state index is -1.88. The van der Waals surface area contributed by atoms with E-state index in [2.05, 4.69) is 95.6 Å². The minimum Gasteiger partial charge on any atom is -1.00 e. The third kappa shape index (κ3) is 5.02. The smallest absolute Gasteiger partial charge is 0.271 e. The van der Waals surface area contributed by atoms with Gasteiger partial charge in [-0.25, -0.2) is 0 Å². The molecule has 0 atom stereocenters. The Kier molecular flexibility index (Phi) is 7.99. The molecular formula is C29H26IN2O2P. The highest BCUT2D eigenvalue weighted by molar-refractivity contribution is 7.95. The van der Waals surface area contributed by atoms with Crippen LogP contribution >= 0.6 is 7.26 Å². The second kappa shape index (κ2) is 11.1. The number of benzene rings is 4. The lowest BCUT2D eigenvalue weighted by atomic mass is 10.2. The van der Waals surface area contributed by atoms with Gasteiger partial charge in [-0.1, -0.05) is 54.6 Å². The number of halogens is 1. The molecule has 0 saturated heterocycles. The summed E-state index contributed by atoms with van der Waals surface area (Å²) in [5, 5.41) is 16.4. The maximum atomic E-state index is 11.3. The summed E-state index contributed by atoms with van der Waals surface area (Å²) in [6.45, 7) is 0.804. The number of non-ortho nitro benzene ring substituents is 1. The summed E-state index contributed by atoms with van der Waals surface area (Å²) >= 11 is 0. The molecule has 0 fully saturated rings. The van der Waals surface area contributed by atoms with Crippen molar-refractivity contribution in [3.05, 3.63) is 132 Å². The lowest BCUT2D eigenvalue weighted by Crippen LogP contribution is -3.00. The molecule has 4 nitrogen and oxygen atoms in total. The summed E-state index contributed by atoms with van der Waals surface area (Å²) in [6, 6.07) is 39.8. The zero-order chi connectivity index (χ0) is 23.4. The van der Waals surface area contributed by atoms with E-state index in [-0.39, 0.29) is 34.6 Å². The fraction of sp³-hybridized carbons (Fsp3) is 0.103. The van der Waals surface area contributed by atoms with E-state index < -0.39 is 7.26 Å². The van der Waals surface area contributed by atoms with E-state index >= 15 is 0 Å². The molecule has 0 aliphatic rings. The standard InChI is InChI=1S/C29H26N2O2P.HI/c32-31(33)25-18-17-24-19-21-30(29(24)23-25)20-10-22-34(26-11-4-1-5-12-26,27-13-6-2-7-14-27)28-15-8-3-9-16-28;/h1-9,11-19,21,23H,10,20,22H2;1H/q+1;/p-1. The molecule has 0 spiro atoms. The Morgan fingerprint density at radius 2 is 1.23 bits per heavy atom. The second-order valence-corrected chi connectivity index (χ2v) is 12.0. The van der Waals surface area contributed by atoms with Gasteiger partial charge in [0.15, 0.2) is 0 Å². The van der Waals surface area contributed by atoms with Crippen LogP contribution < -0.4 is 39.9 Å². The van der Waals surface area contributed by atoms with Gasteiger partial charge in [-0.05, 0) is 48.5 Å². The van der Waals surface area contributed by atoms with Crippen molar-refractivity contribution in [3.63, 3.8) is 0 Å². The van der Waals surface area contributed by atoms with Crippen LogP contribution in [-0.4, -0.2) is 15.7 Å². The number of rotatable bonds is 8. The van der Waals surface area contributed by atoms with Crippen LogP contribution in [0, 0.1) is 10.1 Å². The predicted molar refractivity (Wildman–Crippen MR) is 143 cm³/mol. The summed E-state index contributed by atoms with van der Waals surface area (Å²) in [5.74, 6) is 0. The van der Waals surface area contributed by atoms with Crippen molar-refractivity contribution in [3.8, 4) is 0 Å². The van der Waals surface area contributed by atoms with Crippen LogP contribution in [0.15, 0.2) is 121 Å². The van der Waals surface area contributed by atoms with Gasteiger partial charge in [0.05, 0.1) is 16.6 Å². The molecule has 1 aromatic heterocycles. The lowest BCUT2D eigenvalue weighted by molar-refractivity contribution is -0.384. The molecule has 0 aliphatic heterocycles. The van der Waals surface area contributed by atoms with Crippen LogP contribution in [0.25, 0.3) is 10.9 Å². The number of nitro groups is 1. The fourth-order valence-corrected chi connectivity index (χ4v) is 9.17. The Bertz CT molecular complexity index is 1310. The van der Waals surface area contributed by atoms with E-state index in [1.54, 1.807) is 12.1 Å². The van der Waals surface area contributed by atoms with Crippen LogP contribution in [-0.2, 0) is 6.54 Å². The topological polar surface area (TPSA) is 48.1 Å². The Labute approximate surface area is 223 Å². The van der Waals surface area contributed by atoms with Crippen molar-refractivity contribution in [2.24, 2.45) is 0 Å². The first-order chi connectivity index (χ1) is 16.7. The van der Waals surface area contributed by atoms with Gasteiger partial charge in [-0.2, -0.15) is 0 Å². The number of hydrogen-bond donors (Lipinski definition) is 0. The molecule has 0 radical (unpaired) electrons. The van der Waals surface area contributed by atoms with Crippen molar-refractivity contribution in [1.29, 1.82) is 0 Å². The average molecular weight is 592 g/mol. The van der Waals surface area contributed by atoms with Crippen molar-refractivity contribution < 1.29 is 28.9 Å². The minimum absolute atomic E-state index is 0. The van der Waals surface area contributed by atoms with Gasteiger partial charge in [0.25, 0.3) is 5.69 Å². The van der Waals surface area contributed by atoms with Gasteiger partial charge >= 0.3 is 0 Å². The first-order valence-corrected chi connectivity index (χ1v) is 13.4. The number of aromatic nitrogens is 1. The lowest BCUT2D eigenvalue weighted by Gasteiger charge is -2.28. The normalized spacial score (nSPS) is 11.2. The molecule has 5 aromatic rings. The molecule has 0 saturated carbocycles. The summed E-state index contributed by atoms with van der Waals surface area (Å²) in [4.78, 5) is 11.0. The number of nitrogens with zero attached hydrogens (tertiary/aromatic N) is 2. The number of fused-ring (bicyclic) bond motifs is 1. The maximum Gasteiger partial charge on any atom is 0.271 e. The molecule has 35 heavy (non-hydrogen) atoms. The third-order valence-electron chi connectivity index (χ3n) is 6.45. The predicted octanol–water partition coefficient (Wildman–Crippen LogP) is 2.94. The SMILES string of the molecule is O=[N+]([O-])c1ccc2ccn(CCC[P+](c3ccccc3)(c3ccccc3)c3ccccc3)c2c1.[I-]. The van der Waals surface area contributed by atoms with E-state index in [9.17, 15) is 10.1 Å². The molecular weight excluding hydrogens is 566 g/mol. The van der Waals surface area contributed by atoms with Gasteiger partial charge in [0, 0.05) is 36.7 Å². The third-order valence-corrected chi connectivity index (χ3v) is 11.0. The second-order valence-electron chi connectivity index (χ2n) is 8.40. The molecule has 0 aliphatic carbocycles. The van der Waals surface area contributed by atoms with Gasteiger partial charge in [0.2, 0.25) is 0 Å². The van der Waals surface area contributed by atoms with Crippen molar-refractivity contribution >= 4 is 39.8 Å². The van der Waals surface area contributed by atoms with Gasteiger partial charge in [-0.3, -0.25) is 10.1 Å². The zero-order valence-corrected chi connectivity index (χ0v) is 22.3. The van der Waals surface area contributed by atoms with Crippen LogP contribution in [0.1, 0.15) is 6.42 Å². The van der Waals surface area contributed by atoms with Gasteiger partial charge < -0.3 is 28.5 Å². The van der Waals surface area contributed by atoms with Gasteiger partial charge in [0.1, 0.15) is 23.2 Å². The van der Waals surface area contributed by atoms with Crippen molar-refractivity contribution in [1.82, 2.24) is 4.57 Å².